The third kappa shape index (κ3) is 4.59. The van der Waals surface area contributed by atoms with Crippen LogP contribution in [0, 0.1) is 0 Å². The Morgan fingerprint density at radius 2 is 1.72 bits per heavy atom. The van der Waals surface area contributed by atoms with Crippen molar-refractivity contribution in [3.8, 4) is 0 Å². The molecule has 0 heterocycles. The summed E-state index contributed by atoms with van der Waals surface area (Å²) >= 11 is 5.57. The van der Waals surface area contributed by atoms with Crippen LogP contribution in [0.25, 0.3) is 0 Å². The third-order valence-corrected chi connectivity index (χ3v) is 3.01. The lowest BCUT2D eigenvalue weighted by molar-refractivity contribution is -0.109. The van der Waals surface area contributed by atoms with E-state index >= 15 is 0 Å². The molecule has 100 valence electrons. The van der Waals surface area contributed by atoms with Gasteiger partial charge < -0.3 is 0 Å². The first-order chi connectivity index (χ1) is 7.98. The minimum absolute atomic E-state index is 0.0375. The van der Waals surface area contributed by atoms with Crippen molar-refractivity contribution in [3.05, 3.63) is 22.9 Å². The molecule has 1 N–H and O–H groups in total. The number of sulfonamides is 2. The Hall–Kier alpha value is -1.19. The number of ketones is 1. The van der Waals surface area contributed by atoms with Gasteiger partial charge in [0.2, 0.25) is 15.8 Å². The number of hydrogen-bond acceptors (Lipinski definition) is 5. The average molecular weight is 313 g/mol. The number of hydrogen-bond donors (Lipinski definition) is 1. The summed E-state index contributed by atoms with van der Waals surface area (Å²) in [6, 6.07) is 0. The highest BCUT2D eigenvalue weighted by molar-refractivity contribution is 7.89. The van der Waals surface area contributed by atoms with E-state index in [2.05, 4.69) is 9.12 Å². The van der Waals surface area contributed by atoms with Gasteiger partial charge in [0, 0.05) is 0 Å². The quantitative estimate of drug-likeness (QED) is 0.708. The topological polar surface area (TPSA) is 110 Å². The molecule has 7 nitrogen and oxygen atoms in total. The van der Waals surface area contributed by atoms with Gasteiger partial charge in [-0.15, -0.1) is 0 Å². The van der Waals surface area contributed by atoms with Crippen LogP contribution in [0.3, 0.4) is 0 Å². The smallest absolute Gasteiger partial charge is 0.250 e. The van der Waals surface area contributed by atoms with Crippen LogP contribution in [0.2, 0.25) is 0 Å². The molecular weight excluding hydrogens is 304 g/mol. The minimum Gasteiger partial charge on any atom is -0.286 e. The predicted molar refractivity (Wildman–Crippen MR) is 67.3 cm³/mol. The van der Waals surface area contributed by atoms with Gasteiger partial charge in [0.15, 0.2) is 0 Å². The molecule has 0 aromatic carbocycles. The second-order valence-electron chi connectivity index (χ2n) is 3.50. The lowest BCUT2D eigenvalue weighted by atomic mass is 10.1. The van der Waals surface area contributed by atoms with E-state index in [4.69, 9.17) is 11.6 Å². The van der Waals surface area contributed by atoms with Gasteiger partial charge in [-0.3, -0.25) is 9.52 Å². The Morgan fingerprint density at radius 3 is 2.17 bits per heavy atom. The molecule has 0 aromatic heterocycles. The zero-order chi connectivity index (χ0) is 14.1. The van der Waals surface area contributed by atoms with Gasteiger partial charge in [0.05, 0.1) is 23.2 Å². The molecule has 0 saturated heterocycles. The zero-order valence-corrected chi connectivity index (χ0v) is 11.7. The van der Waals surface area contributed by atoms with Crippen LogP contribution < -0.4 is 4.72 Å². The third-order valence-electron chi connectivity index (χ3n) is 1.59. The summed E-state index contributed by atoms with van der Waals surface area (Å²) in [5.41, 5.74) is -0.486. The summed E-state index contributed by atoms with van der Waals surface area (Å²) < 4.78 is 49.2. The van der Waals surface area contributed by atoms with Crippen LogP contribution in [0.1, 0.15) is 0 Å². The van der Waals surface area contributed by atoms with E-state index in [9.17, 15) is 21.6 Å². The van der Waals surface area contributed by atoms with E-state index in [0.29, 0.717) is 0 Å². The van der Waals surface area contributed by atoms with Crippen molar-refractivity contribution >= 4 is 43.1 Å². The number of Topliss-reactive ketones (excluding diaryl/α,β-unsaturated/α-hetero) is 1. The van der Waals surface area contributed by atoms with Crippen molar-refractivity contribution in [2.45, 2.75) is 0 Å². The van der Waals surface area contributed by atoms with E-state index < -0.39 is 31.5 Å². The minimum atomic E-state index is -3.79. The second-order valence-corrected chi connectivity index (χ2v) is 7.31. The Bertz CT molecular complexity index is 685. The van der Waals surface area contributed by atoms with Crippen LogP contribution in [0.15, 0.2) is 27.3 Å². The van der Waals surface area contributed by atoms with E-state index in [-0.39, 0.29) is 10.7 Å². The predicted octanol–water partition coefficient (Wildman–Crippen LogP) is -0.474. The van der Waals surface area contributed by atoms with E-state index in [1.54, 1.807) is 0 Å². The van der Waals surface area contributed by atoms with Gasteiger partial charge in [-0.2, -0.15) is 4.40 Å². The average Bonchev–Trinajstić information content (AvgIpc) is 2.08. The van der Waals surface area contributed by atoms with Crippen molar-refractivity contribution < 1.29 is 21.6 Å². The highest BCUT2D eigenvalue weighted by atomic mass is 35.5. The van der Waals surface area contributed by atoms with Crippen molar-refractivity contribution in [2.75, 3.05) is 12.5 Å². The second kappa shape index (κ2) is 4.82. The molecule has 0 atom stereocenters. The molecule has 0 fully saturated rings. The monoisotopic (exact) mass is 312 g/mol. The molecule has 18 heavy (non-hydrogen) atoms. The van der Waals surface area contributed by atoms with Crippen molar-refractivity contribution in [1.82, 2.24) is 4.72 Å². The summed E-state index contributed by atoms with van der Waals surface area (Å²) in [4.78, 5) is 11.5. The summed E-state index contributed by atoms with van der Waals surface area (Å²) in [5.74, 6) is -0.791. The van der Waals surface area contributed by atoms with Gasteiger partial charge >= 0.3 is 0 Å². The molecule has 1 aliphatic carbocycles. The summed E-state index contributed by atoms with van der Waals surface area (Å²) in [5, 5.41) is -0.328. The normalized spacial score (nSPS) is 19.5. The molecule has 0 saturated carbocycles. The maximum absolute atomic E-state index is 11.5. The van der Waals surface area contributed by atoms with Crippen LogP contribution >= 0.6 is 11.6 Å². The van der Waals surface area contributed by atoms with Crippen LogP contribution in [0.5, 0.6) is 0 Å². The largest absolute Gasteiger partial charge is 0.286 e. The van der Waals surface area contributed by atoms with Gasteiger partial charge in [0.25, 0.3) is 10.0 Å². The van der Waals surface area contributed by atoms with Crippen LogP contribution in [-0.4, -0.2) is 40.8 Å². The van der Waals surface area contributed by atoms with Crippen molar-refractivity contribution in [1.29, 1.82) is 0 Å². The highest BCUT2D eigenvalue weighted by Crippen LogP contribution is 2.15. The fraction of sp³-hybridized carbons (Fsp3) is 0.250. The van der Waals surface area contributed by atoms with Crippen molar-refractivity contribution in [3.63, 3.8) is 0 Å². The van der Waals surface area contributed by atoms with Crippen LogP contribution in [0.4, 0.5) is 0 Å². The SMILES string of the molecule is CS(=O)(=O)N=C1C=C(NS(C)(=O)=O)C=C(Cl)C1=O. The van der Waals surface area contributed by atoms with E-state index in [0.717, 1.165) is 24.7 Å². The zero-order valence-electron chi connectivity index (χ0n) is 9.34. The van der Waals surface area contributed by atoms with Crippen molar-refractivity contribution in [2.24, 2.45) is 4.40 Å². The Morgan fingerprint density at radius 1 is 1.17 bits per heavy atom. The van der Waals surface area contributed by atoms with Gasteiger partial charge in [-0.05, 0) is 12.2 Å². The first-order valence-corrected chi connectivity index (χ1v) is 8.51. The molecule has 0 spiro atoms. The lowest BCUT2D eigenvalue weighted by Gasteiger charge is -2.11. The van der Waals surface area contributed by atoms with E-state index in [1.165, 1.54) is 0 Å². The summed E-state index contributed by atoms with van der Waals surface area (Å²) in [6.07, 6.45) is 3.78. The Labute approximate surface area is 109 Å². The van der Waals surface area contributed by atoms with Gasteiger partial charge in [-0.1, -0.05) is 11.6 Å². The van der Waals surface area contributed by atoms with E-state index in [1.807, 2.05) is 0 Å². The Balaban J connectivity index is 3.27. The first kappa shape index (κ1) is 14.9. The molecule has 0 amide bonds. The maximum atomic E-state index is 11.5. The molecule has 10 heteroatoms. The molecule has 0 aliphatic heterocycles. The summed E-state index contributed by atoms with van der Waals surface area (Å²) in [6.45, 7) is 0. The fourth-order valence-electron chi connectivity index (χ4n) is 1.10. The van der Waals surface area contributed by atoms with Crippen LogP contribution in [-0.2, 0) is 24.8 Å². The number of rotatable bonds is 3. The van der Waals surface area contributed by atoms with Gasteiger partial charge in [-0.25, -0.2) is 16.8 Å². The molecular formula is C8H9ClN2O5S2. The number of carbonyl (C=O) groups excluding carboxylic acids is 1. The number of carbonyl (C=O) groups is 1. The summed E-state index contributed by atoms with van der Waals surface area (Å²) in [7, 11) is -7.36. The lowest BCUT2D eigenvalue weighted by Crippen LogP contribution is -2.26. The molecule has 1 rings (SSSR count). The highest BCUT2D eigenvalue weighted by Gasteiger charge is 2.22. The number of nitrogens with one attached hydrogen (secondary N) is 1. The molecule has 0 unspecified atom stereocenters. The standard InChI is InChI=1S/C8H9ClN2O5S2/c1-17(13,14)10-5-3-6(9)8(12)7(4-5)11-18(2,15)16/h3-4,10H,1-2H3. The molecule has 0 radical (unpaired) electrons. The number of nitrogens with zero attached hydrogens (tertiary/aromatic N) is 1. The maximum Gasteiger partial charge on any atom is 0.250 e. The number of allylic oxidation sites excluding steroid dienone is 3. The number of halogens is 1. The fourth-order valence-corrected chi connectivity index (χ4v) is 2.35. The molecule has 1 aliphatic rings. The van der Waals surface area contributed by atoms with Gasteiger partial charge in [0.1, 0.15) is 5.71 Å². The molecule has 0 aromatic rings. The molecule has 0 bridgehead atoms. The first-order valence-electron chi connectivity index (χ1n) is 4.39. The Kier molecular flexibility index (Phi) is 3.99.